The highest BCUT2D eigenvalue weighted by Crippen LogP contribution is 2.22. The van der Waals surface area contributed by atoms with Gasteiger partial charge in [-0.1, -0.05) is 74.5 Å². The number of amides is 1. The molecule has 4 nitrogen and oxygen atoms in total. The van der Waals surface area contributed by atoms with Crippen LogP contribution in [-0.4, -0.2) is 54.2 Å². The molecule has 0 aliphatic carbocycles. The summed E-state index contributed by atoms with van der Waals surface area (Å²) in [6.07, 6.45) is 4.28. The standard InChI is InChI=1S/C26H30N2O2.ClH/c1-3-27(4-2)16-15-25(29)28-19-23(17-21-11-7-5-8-12-21)26(30)24(20-28)18-22-13-9-6-10-14-22;/h5-14,17-18H,3-4,15-16,19-20H2,1-2H3;1H/b23-17-,24-18+;. The van der Waals surface area contributed by atoms with E-state index in [4.69, 9.17) is 0 Å². The molecule has 3 rings (SSSR count). The van der Waals surface area contributed by atoms with Gasteiger partial charge in [-0.25, -0.2) is 0 Å². The van der Waals surface area contributed by atoms with Gasteiger partial charge in [-0.15, -0.1) is 12.4 Å². The molecule has 2 aromatic rings. The first-order valence-corrected chi connectivity index (χ1v) is 10.7. The molecule has 1 fully saturated rings. The van der Waals surface area contributed by atoms with Gasteiger partial charge in [-0.2, -0.15) is 0 Å². The third kappa shape index (κ3) is 6.91. The van der Waals surface area contributed by atoms with Crippen LogP contribution >= 0.6 is 12.4 Å². The third-order valence-electron chi connectivity index (χ3n) is 5.48. The lowest BCUT2D eigenvalue weighted by atomic mass is 9.94. The summed E-state index contributed by atoms with van der Waals surface area (Å²) < 4.78 is 0. The van der Waals surface area contributed by atoms with Gasteiger partial charge < -0.3 is 9.80 Å². The lowest BCUT2D eigenvalue weighted by molar-refractivity contribution is -0.131. The molecule has 0 saturated carbocycles. The van der Waals surface area contributed by atoms with Crippen molar-refractivity contribution >= 4 is 36.2 Å². The molecule has 0 atom stereocenters. The number of benzene rings is 2. The minimum atomic E-state index is 0. The van der Waals surface area contributed by atoms with Crippen molar-refractivity contribution in [2.75, 3.05) is 32.7 Å². The summed E-state index contributed by atoms with van der Waals surface area (Å²) in [5, 5.41) is 0. The van der Waals surface area contributed by atoms with Gasteiger partial charge >= 0.3 is 0 Å². The number of likely N-dealkylation sites (tertiary alicyclic amines) is 1. The topological polar surface area (TPSA) is 40.6 Å². The van der Waals surface area contributed by atoms with Crippen molar-refractivity contribution in [1.82, 2.24) is 9.80 Å². The van der Waals surface area contributed by atoms with Crippen LogP contribution in [0.1, 0.15) is 31.4 Å². The largest absolute Gasteiger partial charge is 0.334 e. The molecule has 1 saturated heterocycles. The zero-order valence-electron chi connectivity index (χ0n) is 18.3. The molecule has 164 valence electrons. The average molecular weight is 439 g/mol. The van der Waals surface area contributed by atoms with E-state index in [9.17, 15) is 9.59 Å². The molecule has 0 unspecified atom stereocenters. The van der Waals surface area contributed by atoms with Crippen LogP contribution in [-0.2, 0) is 9.59 Å². The van der Waals surface area contributed by atoms with Gasteiger partial charge in [0.2, 0.25) is 5.91 Å². The predicted octanol–water partition coefficient (Wildman–Crippen LogP) is 4.72. The second kappa shape index (κ2) is 12.2. The van der Waals surface area contributed by atoms with Crippen molar-refractivity contribution in [3.8, 4) is 0 Å². The fraction of sp³-hybridized carbons (Fsp3) is 0.308. The van der Waals surface area contributed by atoms with E-state index in [1.165, 1.54) is 0 Å². The normalized spacial score (nSPS) is 16.6. The van der Waals surface area contributed by atoms with Crippen molar-refractivity contribution < 1.29 is 9.59 Å². The number of halogens is 1. The lowest BCUT2D eigenvalue weighted by Crippen LogP contribution is -2.42. The summed E-state index contributed by atoms with van der Waals surface area (Å²) in [6.45, 7) is 7.53. The van der Waals surface area contributed by atoms with Crippen molar-refractivity contribution in [3.05, 3.63) is 82.9 Å². The minimum absolute atomic E-state index is 0. The molecule has 5 heteroatoms. The van der Waals surface area contributed by atoms with Crippen LogP contribution in [0.15, 0.2) is 71.8 Å². The molecule has 31 heavy (non-hydrogen) atoms. The summed E-state index contributed by atoms with van der Waals surface area (Å²) >= 11 is 0. The predicted molar refractivity (Wildman–Crippen MR) is 130 cm³/mol. The molecule has 0 bridgehead atoms. The Bertz CT molecular complexity index is 857. The molecule has 0 aromatic heterocycles. The number of piperidine rings is 1. The van der Waals surface area contributed by atoms with Crippen LogP contribution in [0.2, 0.25) is 0 Å². The van der Waals surface area contributed by atoms with Crippen LogP contribution in [0, 0.1) is 0 Å². The molecule has 1 aliphatic heterocycles. The van der Waals surface area contributed by atoms with Crippen molar-refractivity contribution in [2.24, 2.45) is 0 Å². The Morgan fingerprint density at radius 1 is 0.871 bits per heavy atom. The van der Waals surface area contributed by atoms with E-state index in [1.54, 1.807) is 0 Å². The van der Waals surface area contributed by atoms with Gasteiger partial charge in [-0.3, -0.25) is 9.59 Å². The summed E-state index contributed by atoms with van der Waals surface area (Å²) in [7, 11) is 0. The maximum absolute atomic E-state index is 13.2. The SMILES string of the molecule is CCN(CC)CCC(=O)N1C/C(=C/c2ccccc2)C(=O)/C(=C/c2ccccc2)C1.Cl. The number of hydrogen-bond donors (Lipinski definition) is 0. The summed E-state index contributed by atoms with van der Waals surface area (Å²) in [4.78, 5) is 30.2. The fourth-order valence-corrected chi connectivity index (χ4v) is 3.67. The van der Waals surface area contributed by atoms with E-state index < -0.39 is 0 Å². The number of hydrogen-bond acceptors (Lipinski definition) is 3. The van der Waals surface area contributed by atoms with E-state index in [0.717, 1.165) is 30.8 Å². The zero-order chi connectivity index (χ0) is 21.3. The average Bonchev–Trinajstić information content (AvgIpc) is 2.78. The van der Waals surface area contributed by atoms with Crippen molar-refractivity contribution in [3.63, 3.8) is 0 Å². The lowest BCUT2D eigenvalue weighted by Gasteiger charge is -2.31. The Hall–Kier alpha value is -2.69. The van der Waals surface area contributed by atoms with E-state index in [2.05, 4.69) is 18.7 Å². The third-order valence-corrected chi connectivity index (χ3v) is 5.48. The number of carbonyl (C=O) groups is 2. The maximum Gasteiger partial charge on any atom is 0.224 e. The first-order valence-electron chi connectivity index (χ1n) is 10.7. The first kappa shape index (κ1) is 24.6. The summed E-state index contributed by atoms with van der Waals surface area (Å²) in [6, 6.07) is 19.6. The van der Waals surface area contributed by atoms with E-state index >= 15 is 0 Å². The molecule has 0 N–H and O–H groups in total. The second-order valence-corrected chi connectivity index (χ2v) is 7.52. The van der Waals surface area contributed by atoms with Crippen LogP contribution in [0.25, 0.3) is 12.2 Å². The zero-order valence-corrected chi connectivity index (χ0v) is 19.1. The first-order chi connectivity index (χ1) is 14.6. The minimum Gasteiger partial charge on any atom is -0.334 e. The number of carbonyl (C=O) groups excluding carboxylic acids is 2. The van der Waals surface area contributed by atoms with E-state index in [0.29, 0.717) is 30.7 Å². The van der Waals surface area contributed by atoms with Gasteiger partial charge in [0.1, 0.15) is 0 Å². The highest BCUT2D eigenvalue weighted by molar-refractivity contribution is 6.15. The molecule has 0 spiro atoms. The highest BCUT2D eigenvalue weighted by Gasteiger charge is 2.29. The Kier molecular flexibility index (Phi) is 9.70. The number of nitrogens with zero attached hydrogens (tertiary/aromatic N) is 2. The Labute approximate surface area is 191 Å². The second-order valence-electron chi connectivity index (χ2n) is 7.52. The maximum atomic E-state index is 13.2. The van der Waals surface area contributed by atoms with Gasteiger partial charge in [0.25, 0.3) is 0 Å². The van der Waals surface area contributed by atoms with Crippen LogP contribution < -0.4 is 0 Å². The molecular formula is C26H31ClN2O2. The smallest absolute Gasteiger partial charge is 0.224 e. The van der Waals surface area contributed by atoms with Gasteiger partial charge in [0.05, 0.1) is 0 Å². The number of Topliss-reactive ketones (excluding diaryl/α,β-unsaturated/α-hetero) is 1. The molecule has 1 amide bonds. The van der Waals surface area contributed by atoms with Gasteiger partial charge in [-0.05, 0) is 36.4 Å². The monoisotopic (exact) mass is 438 g/mol. The molecular weight excluding hydrogens is 408 g/mol. The highest BCUT2D eigenvalue weighted by atomic mass is 35.5. The quantitative estimate of drug-likeness (QED) is 0.587. The van der Waals surface area contributed by atoms with E-state index in [-0.39, 0.29) is 24.1 Å². The Balaban J connectivity index is 0.00000341. The van der Waals surface area contributed by atoms with Crippen molar-refractivity contribution in [2.45, 2.75) is 20.3 Å². The molecule has 0 radical (unpaired) electrons. The number of ketones is 1. The summed E-state index contributed by atoms with van der Waals surface area (Å²) in [5.74, 6) is 0.114. The van der Waals surface area contributed by atoms with Crippen molar-refractivity contribution in [1.29, 1.82) is 0 Å². The van der Waals surface area contributed by atoms with Crippen LogP contribution in [0.5, 0.6) is 0 Å². The van der Waals surface area contributed by atoms with Gasteiger partial charge in [0.15, 0.2) is 5.78 Å². The van der Waals surface area contributed by atoms with Crippen LogP contribution in [0.3, 0.4) is 0 Å². The fourth-order valence-electron chi connectivity index (χ4n) is 3.67. The van der Waals surface area contributed by atoms with E-state index in [1.807, 2.05) is 77.7 Å². The molecule has 2 aromatic carbocycles. The van der Waals surface area contributed by atoms with Gasteiger partial charge in [0, 0.05) is 37.2 Å². The molecule has 1 aliphatic rings. The Morgan fingerprint density at radius 3 is 1.74 bits per heavy atom. The Morgan fingerprint density at radius 2 is 1.32 bits per heavy atom. The molecule has 1 heterocycles. The van der Waals surface area contributed by atoms with Crippen LogP contribution in [0.4, 0.5) is 0 Å². The number of rotatable bonds is 7. The summed E-state index contributed by atoms with van der Waals surface area (Å²) in [5.41, 5.74) is 3.26.